The van der Waals surface area contributed by atoms with Crippen LogP contribution < -0.4 is 0 Å². The molecule has 0 saturated carbocycles. The van der Waals surface area contributed by atoms with Gasteiger partial charge in [-0.1, -0.05) is 0 Å². The van der Waals surface area contributed by atoms with Crippen molar-refractivity contribution in [2.45, 2.75) is 38.5 Å². The van der Waals surface area contributed by atoms with Crippen LogP contribution in [0.3, 0.4) is 0 Å². The van der Waals surface area contributed by atoms with Crippen LogP contribution in [-0.2, 0) is 17.6 Å². The Kier molecular flexibility index (Phi) is 5.08. The monoisotopic (exact) mass is 361 g/mol. The summed E-state index contributed by atoms with van der Waals surface area (Å²) < 4.78 is 0. The van der Waals surface area contributed by atoms with Crippen molar-refractivity contribution >= 4 is 23.2 Å². The Morgan fingerprint density at radius 2 is 1.64 bits per heavy atom. The second-order valence-electron chi connectivity index (χ2n) is 7.42. The van der Waals surface area contributed by atoms with E-state index in [1.807, 2.05) is 9.80 Å². The lowest BCUT2D eigenvalue weighted by atomic mass is 10.1. The molecule has 6 heteroatoms. The van der Waals surface area contributed by atoms with Crippen molar-refractivity contribution in [2.24, 2.45) is 0 Å². The first-order chi connectivity index (χ1) is 12.2. The van der Waals surface area contributed by atoms with Crippen LogP contribution in [0.5, 0.6) is 0 Å². The zero-order valence-corrected chi connectivity index (χ0v) is 15.7. The van der Waals surface area contributed by atoms with Crippen molar-refractivity contribution in [3.8, 4) is 0 Å². The molecule has 2 aliphatic heterocycles. The maximum Gasteiger partial charge on any atom is 0.264 e. The summed E-state index contributed by atoms with van der Waals surface area (Å²) in [5, 5.41) is 0. The summed E-state index contributed by atoms with van der Waals surface area (Å²) in [5.74, 6) is 0.440. The Labute approximate surface area is 153 Å². The van der Waals surface area contributed by atoms with E-state index in [9.17, 15) is 9.59 Å². The number of carbonyl (C=O) groups is 2. The first kappa shape index (κ1) is 17.0. The lowest BCUT2D eigenvalue weighted by molar-refractivity contribution is -0.133. The van der Waals surface area contributed by atoms with E-state index in [-0.39, 0.29) is 11.8 Å². The summed E-state index contributed by atoms with van der Waals surface area (Å²) in [6, 6.07) is 2.11. The van der Waals surface area contributed by atoms with Gasteiger partial charge in [0, 0.05) is 44.1 Å². The van der Waals surface area contributed by atoms with Crippen LogP contribution in [0.2, 0.25) is 0 Å². The zero-order chi connectivity index (χ0) is 17.2. The molecule has 0 radical (unpaired) electrons. The quantitative estimate of drug-likeness (QED) is 0.827. The molecule has 5 nitrogen and oxygen atoms in total. The number of hydrogen-bond donors (Lipinski definition) is 0. The van der Waals surface area contributed by atoms with Crippen LogP contribution in [-0.4, -0.2) is 72.3 Å². The molecular weight excluding hydrogens is 334 g/mol. The second kappa shape index (κ2) is 7.46. The second-order valence-corrected chi connectivity index (χ2v) is 8.56. The molecule has 3 heterocycles. The summed E-state index contributed by atoms with van der Waals surface area (Å²) in [6.45, 7) is 5.41. The molecule has 0 spiro atoms. The normalized spacial score (nSPS) is 21.4. The Morgan fingerprint density at radius 1 is 0.880 bits per heavy atom. The fourth-order valence-corrected chi connectivity index (χ4v) is 5.36. The van der Waals surface area contributed by atoms with Crippen molar-refractivity contribution in [2.75, 3.05) is 45.8 Å². The third kappa shape index (κ3) is 3.75. The van der Waals surface area contributed by atoms with Gasteiger partial charge >= 0.3 is 0 Å². The molecule has 1 aliphatic carbocycles. The molecule has 1 aromatic rings. The van der Waals surface area contributed by atoms with E-state index in [0.717, 1.165) is 69.8 Å². The van der Waals surface area contributed by atoms with Gasteiger partial charge in [-0.15, -0.1) is 11.3 Å². The summed E-state index contributed by atoms with van der Waals surface area (Å²) in [7, 11) is 0. The molecule has 0 bridgehead atoms. The van der Waals surface area contributed by atoms with Crippen LogP contribution in [0.4, 0.5) is 0 Å². The molecule has 2 amide bonds. The number of thiophene rings is 1. The molecule has 3 aliphatic rings. The molecule has 2 fully saturated rings. The zero-order valence-electron chi connectivity index (χ0n) is 14.8. The summed E-state index contributed by atoms with van der Waals surface area (Å²) in [6.07, 6.45) is 7.03. The first-order valence-electron chi connectivity index (χ1n) is 9.62. The molecule has 0 unspecified atom stereocenters. The highest BCUT2D eigenvalue weighted by atomic mass is 32.1. The minimum Gasteiger partial charge on any atom is -0.342 e. The molecule has 0 N–H and O–H groups in total. The number of rotatable bonds is 3. The van der Waals surface area contributed by atoms with E-state index in [1.54, 1.807) is 11.3 Å². The van der Waals surface area contributed by atoms with E-state index >= 15 is 0 Å². The smallest absolute Gasteiger partial charge is 0.264 e. The van der Waals surface area contributed by atoms with Gasteiger partial charge in [0.2, 0.25) is 5.91 Å². The van der Waals surface area contributed by atoms with E-state index in [0.29, 0.717) is 6.54 Å². The minimum absolute atomic E-state index is 0.182. The average Bonchev–Trinajstić information content (AvgIpc) is 3.24. The SMILES string of the molecule is O=C(CN1CCN(C(=O)c2cc3c(s2)CCC3)CC1)N1CCCCC1. The van der Waals surface area contributed by atoms with Crippen molar-refractivity contribution < 1.29 is 9.59 Å². The Bertz CT molecular complexity index is 622. The number of likely N-dealkylation sites (tertiary alicyclic amines) is 1. The Hall–Kier alpha value is -1.40. The van der Waals surface area contributed by atoms with Crippen LogP contribution in [0.1, 0.15) is 45.8 Å². The molecule has 136 valence electrons. The van der Waals surface area contributed by atoms with Gasteiger partial charge in [-0.25, -0.2) is 0 Å². The molecular formula is C19H27N3O2S. The van der Waals surface area contributed by atoms with Crippen molar-refractivity contribution in [3.05, 3.63) is 21.4 Å². The lowest BCUT2D eigenvalue weighted by Gasteiger charge is -2.36. The van der Waals surface area contributed by atoms with E-state index in [4.69, 9.17) is 0 Å². The highest BCUT2D eigenvalue weighted by molar-refractivity contribution is 7.14. The molecule has 25 heavy (non-hydrogen) atoms. The number of fused-ring (bicyclic) bond motifs is 1. The fraction of sp³-hybridized carbons (Fsp3) is 0.684. The van der Waals surface area contributed by atoms with Crippen LogP contribution in [0.25, 0.3) is 0 Å². The van der Waals surface area contributed by atoms with E-state index < -0.39 is 0 Å². The molecule has 2 saturated heterocycles. The van der Waals surface area contributed by atoms with Gasteiger partial charge < -0.3 is 9.80 Å². The van der Waals surface area contributed by atoms with Crippen LogP contribution in [0.15, 0.2) is 6.07 Å². The standard InChI is InChI=1S/C19H27N3O2S/c23-18(21-7-2-1-3-8-21)14-20-9-11-22(12-10-20)19(24)17-13-15-5-4-6-16(15)25-17/h13H,1-12,14H2. The summed E-state index contributed by atoms with van der Waals surface area (Å²) in [5.41, 5.74) is 1.39. The fourth-order valence-electron chi connectivity index (χ4n) is 4.13. The minimum atomic E-state index is 0.182. The number of carbonyl (C=O) groups excluding carboxylic acids is 2. The van der Waals surface area contributed by atoms with Crippen molar-refractivity contribution in [1.82, 2.24) is 14.7 Å². The van der Waals surface area contributed by atoms with Crippen molar-refractivity contribution in [3.63, 3.8) is 0 Å². The van der Waals surface area contributed by atoms with Crippen LogP contribution >= 0.6 is 11.3 Å². The number of piperazine rings is 1. The largest absolute Gasteiger partial charge is 0.342 e. The predicted octanol–water partition coefficient (Wildman–Crippen LogP) is 2.01. The number of hydrogen-bond acceptors (Lipinski definition) is 4. The Morgan fingerprint density at radius 3 is 2.36 bits per heavy atom. The van der Waals surface area contributed by atoms with Crippen molar-refractivity contribution in [1.29, 1.82) is 0 Å². The number of piperidine rings is 1. The maximum absolute atomic E-state index is 12.7. The third-order valence-corrected chi connectivity index (χ3v) is 6.91. The van der Waals surface area contributed by atoms with E-state index in [1.165, 1.54) is 23.3 Å². The van der Waals surface area contributed by atoms with Crippen LogP contribution in [0, 0.1) is 0 Å². The van der Waals surface area contributed by atoms with E-state index in [2.05, 4.69) is 11.0 Å². The summed E-state index contributed by atoms with van der Waals surface area (Å²) >= 11 is 1.69. The highest BCUT2D eigenvalue weighted by Crippen LogP contribution is 2.31. The van der Waals surface area contributed by atoms with Gasteiger partial charge in [0.05, 0.1) is 11.4 Å². The topological polar surface area (TPSA) is 43.9 Å². The maximum atomic E-state index is 12.7. The van der Waals surface area contributed by atoms with Gasteiger partial charge in [-0.05, 0) is 50.2 Å². The highest BCUT2D eigenvalue weighted by Gasteiger charge is 2.27. The average molecular weight is 362 g/mol. The van der Waals surface area contributed by atoms with Gasteiger partial charge in [-0.3, -0.25) is 14.5 Å². The van der Waals surface area contributed by atoms with Gasteiger partial charge in [0.1, 0.15) is 0 Å². The predicted molar refractivity (Wildman–Crippen MR) is 99.1 cm³/mol. The van der Waals surface area contributed by atoms with Gasteiger partial charge in [-0.2, -0.15) is 0 Å². The molecule has 4 rings (SSSR count). The molecule has 1 aromatic heterocycles. The third-order valence-electron chi connectivity index (χ3n) is 5.68. The first-order valence-corrected chi connectivity index (χ1v) is 10.4. The van der Waals surface area contributed by atoms with Gasteiger partial charge in [0.15, 0.2) is 0 Å². The number of nitrogens with zero attached hydrogens (tertiary/aromatic N) is 3. The lowest BCUT2D eigenvalue weighted by Crippen LogP contribution is -2.51. The molecule has 0 aromatic carbocycles. The Balaban J connectivity index is 1.27. The van der Waals surface area contributed by atoms with Gasteiger partial charge in [0.25, 0.3) is 5.91 Å². The number of aryl methyl sites for hydroxylation is 2. The summed E-state index contributed by atoms with van der Waals surface area (Å²) in [4.78, 5) is 33.6. The number of amides is 2. The molecule has 0 atom stereocenters.